The largest absolute Gasteiger partial charge is 0.452 e. The van der Waals surface area contributed by atoms with Gasteiger partial charge in [-0.3, -0.25) is 0 Å². The second-order valence-corrected chi connectivity index (χ2v) is 5.62. The molecule has 0 fully saturated rings. The SMILES string of the molecule is COC(=O)N1CC=C(Cl)c2cc(C(C)(C)C)oc21. The molecule has 98 valence electrons. The topological polar surface area (TPSA) is 42.7 Å². The Morgan fingerprint density at radius 1 is 1.50 bits per heavy atom. The predicted molar refractivity (Wildman–Crippen MR) is 71.0 cm³/mol. The first-order valence-corrected chi connectivity index (χ1v) is 6.08. The van der Waals surface area contributed by atoms with Crippen LogP contribution in [-0.2, 0) is 10.2 Å². The lowest BCUT2D eigenvalue weighted by Gasteiger charge is -2.22. The van der Waals surface area contributed by atoms with Crippen LogP contribution < -0.4 is 4.90 Å². The molecule has 1 aliphatic heterocycles. The van der Waals surface area contributed by atoms with Gasteiger partial charge in [-0.1, -0.05) is 32.4 Å². The van der Waals surface area contributed by atoms with Crippen molar-refractivity contribution in [1.29, 1.82) is 0 Å². The molecule has 0 unspecified atom stereocenters. The molecule has 0 aliphatic carbocycles. The number of furan rings is 1. The van der Waals surface area contributed by atoms with Crippen molar-refractivity contribution >= 4 is 28.6 Å². The highest BCUT2D eigenvalue weighted by Crippen LogP contribution is 2.40. The van der Waals surface area contributed by atoms with Crippen LogP contribution in [0.4, 0.5) is 10.7 Å². The second kappa shape index (κ2) is 4.35. The van der Waals surface area contributed by atoms with Gasteiger partial charge in [0.1, 0.15) is 5.76 Å². The van der Waals surface area contributed by atoms with E-state index in [1.807, 2.05) is 26.8 Å². The molecule has 1 aromatic rings. The van der Waals surface area contributed by atoms with E-state index in [1.165, 1.54) is 12.0 Å². The molecule has 2 rings (SSSR count). The third-order valence-electron chi connectivity index (χ3n) is 2.80. The quantitative estimate of drug-likeness (QED) is 0.720. The van der Waals surface area contributed by atoms with Crippen LogP contribution in [0, 0.1) is 0 Å². The van der Waals surface area contributed by atoms with Gasteiger partial charge >= 0.3 is 6.09 Å². The standard InChI is InChI=1S/C13H16ClNO3/c1-13(2,3)10-7-8-9(14)5-6-15(11(8)18-10)12(16)17-4/h5,7H,6H2,1-4H3. The van der Waals surface area contributed by atoms with Crippen LogP contribution in [0.15, 0.2) is 16.6 Å². The number of carbonyl (C=O) groups is 1. The normalized spacial score (nSPS) is 15.2. The third-order valence-corrected chi connectivity index (χ3v) is 3.16. The van der Waals surface area contributed by atoms with Gasteiger partial charge in [-0.25, -0.2) is 9.69 Å². The number of ether oxygens (including phenoxy) is 1. The van der Waals surface area contributed by atoms with Gasteiger partial charge in [0.05, 0.1) is 24.3 Å². The summed E-state index contributed by atoms with van der Waals surface area (Å²) in [4.78, 5) is 13.1. The van der Waals surface area contributed by atoms with Gasteiger partial charge in [-0.2, -0.15) is 0 Å². The first kappa shape index (κ1) is 13.0. The molecule has 0 aromatic carbocycles. The molecule has 0 radical (unpaired) electrons. The smallest absolute Gasteiger partial charge is 0.416 e. The van der Waals surface area contributed by atoms with E-state index >= 15 is 0 Å². The number of halogens is 1. The fraction of sp³-hybridized carbons (Fsp3) is 0.462. The lowest BCUT2D eigenvalue weighted by molar-refractivity contribution is 0.178. The second-order valence-electron chi connectivity index (χ2n) is 5.21. The molecule has 5 heteroatoms. The molecule has 2 heterocycles. The molecule has 0 saturated carbocycles. The van der Waals surface area contributed by atoms with E-state index in [2.05, 4.69) is 0 Å². The zero-order valence-electron chi connectivity index (χ0n) is 10.9. The molecule has 1 aliphatic rings. The zero-order valence-corrected chi connectivity index (χ0v) is 11.7. The summed E-state index contributed by atoms with van der Waals surface area (Å²) < 4.78 is 10.5. The molecular formula is C13H16ClNO3. The van der Waals surface area contributed by atoms with Gasteiger partial charge in [-0.15, -0.1) is 0 Å². The lowest BCUT2D eigenvalue weighted by atomic mass is 9.93. The monoisotopic (exact) mass is 269 g/mol. The summed E-state index contributed by atoms with van der Waals surface area (Å²) >= 11 is 6.15. The van der Waals surface area contributed by atoms with E-state index in [0.717, 1.165) is 11.3 Å². The van der Waals surface area contributed by atoms with Gasteiger partial charge in [-0.05, 0) is 12.1 Å². The van der Waals surface area contributed by atoms with E-state index in [4.69, 9.17) is 20.8 Å². The summed E-state index contributed by atoms with van der Waals surface area (Å²) in [5, 5.41) is 0.601. The maximum atomic E-state index is 11.7. The number of methoxy groups -OCH3 is 1. The Labute approximate surface area is 111 Å². The van der Waals surface area contributed by atoms with E-state index in [1.54, 1.807) is 6.08 Å². The van der Waals surface area contributed by atoms with Gasteiger partial charge in [0.2, 0.25) is 5.88 Å². The minimum absolute atomic E-state index is 0.143. The molecule has 0 spiro atoms. The Morgan fingerprint density at radius 3 is 2.72 bits per heavy atom. The van der Waals surface area contributed by atoms with Crippen LogP contribution in [0.2, 0.25) is 0 Å². The van der Waals surface area contributed by atoms with Crippen LogP contribution in [0.25, 0.3) is 5.03 Å². The molecular weight excluding hydrogens is 254 g/mol. The average Bonchev–Trinajstić information content (AvgIpc) is 2.74. The van der Waals surface area contributed by atoms with Crippen LogP contribution in [-0.4, -0.2) is 19.7 Å². The van der Waals surface area contributed by atoms with Gasteiger partial charge < -0.3 is 9.15 Å². The molecule has 1 amide bonds. The van der Waals surface area contributed by atoms with E-state index in [0.29, 0.717) is 17.5 Å². The number of hydrogen-bond acceptors (Lipinski definition) is 3. The van der Waals surface area contributed by atoms with Crippen molar-refractivity contribution < 1.29 is 13.9 Å². The summed E-state index contributed by atoms with van der Waals surface area (Å²) in [6, 6.07) is 1.88. The summed E-state index contributed by atoms with van der Waals surface area (Å²) in [6.45, 7) is 6.47. The van der Waals surface area contributed by atoms with Crippen molar-refractivity contribution in [3.05, 3.63) is 23.5 Å². The molecule has 1 aromatic heterocycles. The number of fused-ring (bicyclic) bond motifs is 1. The Balaban J connectivity index is 2.49. The van der Waals surface area contributed by atoms with Gasteiger partial charge in [0.25, 0.3) is 0 Å². The minimum atomic E-state index is -0.452. The van der Waals surface area contributed by atoms with Crippen LogP contribution in [0.1, 0.15) is 32.1 Å². The highest BCUT2D eigenvalue weighted by Gasteiger charge is 2.31. The number of hydrogen-bond donors (Lipinski definition) is 0. The first-order valence-electron chi connectivity index (χ1n) is 5.70. The Kier molecular flexibility index (Phi) is 3.15. The van der Waals surface area contributed by atoms with Crippen LogP contribution in [0.3, 0.4) is 0 Å². The lowest BCUT2D eigenvalue weighted by Crippen LogP contribution is -2.32. The van der Waals surface area contributed by atoms with Crippen LogP contribution in [0.5, 0.6) is 0 Å². The average molecular weight is 270 g/mol. The summed E-state index contributed by atoms with van der Waals surface area (Å²) in [5.74, 6) is 1.24. The predicted octanol–water partition coefficient (Wildman–Crippen LogP) is 3.74. The number of carbonyl (C=O) groups excluding carboxylic acids is 1. The maximum Gasteiger partial charge on any atom is 0.416 e. The molecule has 0 saturated heterocycles. The van der Waals surface area contributed by atoms with Crippen molar-refractivity contribution in [3.8, 4) is 0 Å². The maximum absolute atomic E-state index is 11.7. The number of rotatable bonds is 0. The molecule has 18 heavy (non-hydrogen) atoms. The van der Waals surface area contributed by atoms with E-state index in [9.17, 15) is 4.79 Å². The summed E-state index contributed by atoms with van der Waals surface area (Å²) in [6.07, 6.45) is 1.31. The fourth-order valence-corrected chi connectivity index (χ4v) is 1.96. The summed E-state index contributed by atoms with van der Waals surface area (Å²) in [7, 11) is 1.34. The highest BCUT2D eigenvalue weighted by molar-refractivity contribution is 6.49. The van der Waals surface area contributed by atoms with E-state index < -0.39 is 6.09 Å². The van der Waals surface area contributed by atoms with Crippen LogP contribution >= 0.6 is 11.6 Å². The van der Waals surface area contributed by atoms with Crippen molar-refractivity contribution in [1.82, 2.24) is 0 Å². The minimum Gasteiger partial charge on any atom is -0.452 e. The molecule has 0 atom stereocenters. The van der Waals surface area contributed by atoms with Crippen molar-refractivity contribution in [2.75, 3.05) is 18.6 Å². The Bertz CT molecular complexity index is 511. The number of amides is 1. The van der Waals surface area contributed by atoms with Crippen molar-refractivity contribution in [2.24, 2.45) is 0 Å². The molecule has 4 nitrogen and oxygen atoms in total. The van der Waals surface area contributed by atoms with Crippen molar-refractivity contribution in [3.63, 3.8) is 0 Å². The number of anilines is 1. The van der Waals surface area contributed by atoms with Gasteiger partial charge in [0.15, 0.2) is 0 Å². The Morgan fingerprint density at radius 2 is 2.17 bits per heavy atom. The number of nitrogens with zero attached hydrogens (tertiary/aromatic N) is 1. The fourth-order valence-electron chi connectivity index (χ4n) is 1.75. The van der Waals surface area contributed by atoms with E-state index in [-0.39, 0.29) is 5.41 Å². The zero-order chi connectivity index (χ0) is 13.5. The third kappa shape index (κ3) is 2.12. The molecule has 0 bridgehead atoms. The van der Waals surface area contributed by atoms with Gasteiger partial charge in [0, 0.05) is 5.41 Å². The molecule has 0 N–H and O–H groups in total. The Hall–Kier alpha value is -1.42. The summed E-state index contributed by atoms with van der Waals surface area (Å²) in [5.41, 5.74) is 0.592. The highest BCUT2D eigenvalue weighted by atomic mass is 35.5. The first-order chi connectivity index (χ1) is 8.34. The van der Waals surface area contributed by atoms with Crippen molar-refractivity contribution in [2.45, 2.75) is 26.2 Å².